The topological polar surface area (TPSA) is 72.2 Å². The number of fused-ring (bicyclic) bond motifs is 2. The molecule has 0 spiro atoms. The third kappa shape index (κ3) is 3.60. The molecule has 0 saturated carbocycles. The number of hydrogen-bond donors (Lipinski definition) is 1. The lowest BCUT2D eigenvalue weighted by Crippen LogP contribution is -2.36. The van der Waals surface area contributed by atoms with Gasteiger partial charge in [-0.05, 0) is 31.2 Å². The molecule has 0 unspecified atom stereocenters. The minimum Gasteiger partial charge on any atom is -0.319 e. The number of aromatic nitrogens is 4. The van der Waals surface area contributed by atoms with Crippen molar-refractivity contribution in [2.45, 2.75) is 19.0 Å². The summed E-state index contributed by atoms with van der Waals surface area (Å²) in [6, 6.07) is 8.34. The molecule has 31 heavy (non-hydrogen) atoms. The van der Waals surface area contributed by atoms with Crippen molar-refractivity contribution in [2.24, 2.45) is 0 Å². The van der Waals surface area contributed by atoms with E-state index in [9.17, 15) is 26.7 Å². The van der Waals surface area contributed by atoms with Gasteiger partial charge in [0.2, 0.25) is 0 Å². The molecule has 1 amide bonds. The van der Waals surface area contributed by atoms with Crippen molar-refractivity contribution in [3.8, 4) is 0 Å². The number of benzene rings is 1. The lowest BCUT2D eigenvalue weighted by molar-refractivity contribution is -0.291. The smallest absolute Gasteiger partial charge is 0.319 e. The number of halogens is 6. The van der Waals surface area contributed by atoms with Crippen LogP contribution < -0.4 is 5.32 Å². The molecule has 6 nitrogen and oxygen atoms in total. The third-order valence-corrected chi connectivity index (χ3v) is 5.12. The number of nitrogens with one attached hydrogen (secondary N) is 1. The molecule has 3 heterocycles. The largest absolute Gasteiger partial charge is 0.459 e. The molecule has 0 aliphatic heterocycles. The average Bonchev–Trinajstić information content (AvgIpc) is 3.12. The van der Waals surface area contributed by atoms with Gasteiger partial charge in [-0.2, -0.15) is 27.1 Å². The molecule has 4 aromatic rings. The van der Waals surface area contributed by atoms with Gasteiger partial charge in [0.25, 0.3) is 5.91 Å². The molecule has 0 radical (unpaired) electrons. The molecule has 3 aromatic heterocycles. The van der Waals surface area contributed by atoms with Crippen molar-refractivity contribution in [3.05, 3.63) is 64.1 Å². The fourth-order valence-electron chi connectivity index (χ4n) is 3.01. The van der Waals surface area contributed by atoms with E-state index in [0.29, 0.717) is 27.2 Å². The number of alkyl halides is 5. The molecule has 160 valence electrons. The summed E-state index contributed by atoms with van der Waals surface area (Å²) in [7, 11) is 0. The zero-order chi connectivity index (χ0) is 22.6. The maximum atomic E-state index is 14.0. The highest BCUT2D eigenvalue weighted by Gasteiger charge is 2.60. The number of hydrogen-bond acceptors (Lipinski definition) is 4. The van der Waals surface area contributed by atoms with Gasteiger partial charge < -0.3 is 5.32 Å². The van der Waals surface area contributed by atoms with Gasteiger partial charge >= 0.3 is 12.1 Å². The highest BCUT2D eigenvalue weighted by atomic mass is 79.9. The van der Waals surface area contributed by atoms with Gasteiger partial charge in [0, 0.05) is 27.8 Å². The molecule has 0 aliphatic rings. The van der Waals surface area contributed by atoms with Crippen LogP contribution in [0.1, 0.15) is 21.9 Å². The minimum atomic E-state index is -5.84. The summed E-state index contributed by atoms with van der Waals surface area (Å²) >= 11 is 3.38. The predicted molar refractivity (Wildman–Crippen MR) is 105 cm³/mol. The maximum absolute atomic E-state index is 14.0. The van der Waals surface area contributed by atoms with Crippen LogP contribution in [-0.2, 0) is 5.92 Å². The molecule has 0 atom stereocenters. The number of carbonyl (C=O) groups excluding carboxylic acids is 1. The standard InChI is InChI=1S/C19H11BrF5N5O/c1-9-7-14(18(21,22)19(23,24)25)30-15(27-9)8-13(29-30)17(31)28-12-5-4-11(20)10-3-2-6-26-16(10)12/h2-8H,1H3,(H,28,31). The first kappa shape index (κ1) is 21.1. The molecule has 4 rings (SSSR count). The van der Waals surface area contributed by atoms with Crippen molar-refractivity contribution < 1.29 is 26.7 Å². The van der Waals surface area contributed by atoms with Gasteiger partial charge in [-0.25, -0.2) is 9.50 Å². The van der Waals surface area contributed by atoms with Crippen LogP contribution in [0.15, 0.2) is 47.1 Å². The summed E-state index contributed by atoms with van der Waals surface area (Å²) in [5.41, 5.74) is -1.45. The molecule has 0 fully saturated rings. The molecule has 0 aliphatic carbocycles. The van der Waals surface area contributed by atoms with Gasteiger partial charge in [-0.3, -0.25) is 9.78 Å². The molecule has 12 heteroatoms. The highest BCUT2D eigenvalue weighted by Crippen LogP contribution is 2.43. The Morgan fingerprint density at radius 3 is 2.58 bits per heavy atom. The number of anilines is 1. The normalized spacial score (nSPS) is 12.5. The Kier molecular flexibility index (Phi) is 4.91. The minimum absolute atomic E-state index is 0.0820. The van der Waals surface area contributed by atoms with E-state index in [1.54, 1.807) is 24.3 Å². The van der Waals surface area contributed by atoms with Gasteiger partial charge in [-0.1, -0.05) is 22.0 Å². The lowest BCUT2D eigenvalue weighted by Gasteiger charge is -2.20. The Morgan fingerprint density at radius 2 is 1.87 bits per heavy atom. The van der Waals surface area contributed by atoms with Crippen molar-refractivity contribution in [1.82, 2.24) is 19.6 Å². The van der Waals surface area contributed by atoms with E-state index in [4.69, 9.17) is 0 Å². The molecule has 1 N–H and O–H groups in total. The van der Waals surface area contributed by atoms with Crippen molar-refractivity contribution in [1.29, 1.82) is 0 Å². The van der Waals surface area contributed by atoms with E-state index >= 15 is 0 Å². The van der Waals surface area contributed by atoms with E-state index in [2.05, 4.69) is 36.3 Å². The highest BCUT2D eigenvalue weighted by molar-refractivity contribution is 9.10. The molecular formula is C19H11BrF5N5O. The second-order valence-electron chi connectivity index (χ2n) is 6.60. The first-order valence-electron chi connectivity index (χ1n) is 8.66. The first-order valence-corrected chi connectivity index (χ1v) is 9.45. The zero-order valence-corrected chi connectivity index (χ0v) is 17.1. The first-order chi connectivity index (χ1) is 14.5. The van der Waals surface area contributed by atoms with E-state index in [1.807, 2.05) is 0 Å². The summed E-state index contributed by atoms with van der Waals surface area (Å²) in [5.74, 6) is -6.01. The van der Waals surface area contributed by atoms with Crippen LogP contribution in [0.25, 0.3) is 16.6 Å². The SMILES string of the molecule is Cc1cc(C(F)(F)C(F)(F)F)n2nc(C(=O)Nc3ccc(Br)c4cccnc34)cc2n1. The summed E-state index contributed by atoms with van der Waals surface area (Å²) < 4.78 is 67.8. The van der Waals surface area contributed by atoms with Crippen LogP contribution in [0.2, 0.25) is 0 Å². The maximum Gasteiger partial charge on any atom is 0.459 e. The van der Waals surface area contributed by atoms with Gasteiger partial charge in [-0.15, -0.1) is 0 Å². The lowest BCUT2D eigenvalue weighted by atomic mass is 10.2. The van der Waals surface area contributed by atoms with Crippen LogP contribution in [0.3, 0.4) is 0 Å². The summed E-state index contributed by atoms with van der Waals surface area (Å²) in [6.07, 6.45) is -4.32. The summed E-state index contributed by atoms with van der Waals surface area (Å²) in [4.78, 5) is 20.8. The number of amides is 1. The second-order valence-corrected chi connectivity index (χ2v) is 7.46. The van der Waals surface area contributed by atoms with Crippen molar-refractivity contribution in [3.63, 3.8) is 0 Å². The van der Waals surface area contributed by atoms with Gasteiger partial charge in [0.1, 0.15) is 5.69 Å². The van der Waals surface area contributed by atoms with Gasteiger partial charge in [0.15, 0.2) is 11.3 Å². The number of aryl methyl sites for hydroxylation is 1. The Balaban J connectivity index is 1.77. The van der Waals surface area contributed by atoms with Crippen LogP contribution in [0.4, 0.5) is 27.6 Å². The van der Waals surface area contributed by atoms with E-state index in [-0.39, 0.29) is 17.0 Å². The number of pyridine rings is 1. The van der Waals surface area contributed by atoms with Gasteiger partial charge in [0.05, 0.1) is 11.2 Å². The Labute approximate surface area is 179 Å². The predicted octanol–water partition coefficient (Wildman–Crippen LogP) is 5.25. The molecule has 0 saturated heterocycles. The van der Waals surface area contributed by atoms with Crippen LogP contribution in [0, 0.1) is 6.92 Å². The summed E-state index contributed by atoms with van der Waals surface area (Å²) in [6.45, 7) is 1.27. The fraction of sp³-hybridized carbons (Fsp3) is 0.158. The second kappa shape index (κ2) is 7.22. The molecular weight excluding hydrogens is 489 g/mol. The Bertz CT molecular complexity index is 1330. The zero-order valence-electron chi connectivity index (χ0n) is 15.5. The van der Waals surface area contributed by atoms with Crippen LogP contribution in [0.5, 0.6) is 0 Å². The number of nitrogens with zero attached hydrogens (tertiary/aromatic N) is 4. The van der Waals surface area contributed by atoms with Crippen LogP contribution in [-0.4, -0.2) is 31.7 Å². The monoisotopic (exact) mass is 499 g/mol. The quantitative estimate of drug-likeness (QED) is 0.390. The van der Waals surface area contributed by atoms with E-state index in [1.165, 1.54) is 13.1 Å². The van der Waals surface area contributed by atoms with Crippen LogP contribution >= 0.6 is 15.9 Å². The number of carbonyl (C=O) groups is 1. The summed E-state index contributed by atoms with van der Waals surface area (Å²) in [5, 5.41) is 6.92. The third-order valence-electron chi connectivity index (χ3n) is 4.43. The van der Waals surface area contributed by atoms with Crippen molar-refractivity contribution in [2.75, 3.05) is 5.32 Å². The molecule has 1 aromatic carbocycles. The fourth-order valence-corrected chi connectivity index (χ4v) is 3.46. The number of rotatable bonds is 3. The Hall–Kier alpha value is -3.15. The van der Waals surface area contributed by atoms with E-state index < -0.39 is 23.7 Å². The van der Waals surface area contributed by atoms with E-state index in [0.717, 1.165) is 10.5 Å². The Morgan fingerprint density at radius 1 is 1.13 bits per heavy atom. The van der Waals surface area contributed by atoms with Crippen molar-refractivity contribution >= 4 is 44.1 Å². The average molecular weight is 500 g/mol. The molecule has 0 bridgehead atoms.